The number of rotatable bonds is 2. The molecule has 2 bridgehead atoms. The van der Waals surface area contributed by atoms with Crippen molar-refractivity contribution in [1.82, 2.24) is 4.90 Å². The summed E-state index contributed by atoms with van der Waals surface area (Å²) in [6.45, 7) is 7.82. The Morgan fingerprint density at radius 2 is 1.77 bits per heavy atom. The molecular weight excluding hydrogens is 467 g/mol. The van der Waals surface area contributed by atoms with Gasteiger partial charge in [0.2, 0.25) is 15.9 Å². The summed E-state index contributed by atoms with van der Waals surface area (Å²) in [5.74, 6) is 0.383. The van der Waals surface area contributed by atoms with Crippen molar-refractivity contribution in [3.05, 3.63) is 59.4 Å². The number of carbonyl (C=O) groups excluding carboxylic acids is 1. The van der Waals surface area contributed by atoms with E-state index in [4.69, 9.17) is 5.14 Å². The number of piperidine rings is 1. The monoisotopic (exact) mass is 502 g/mol. The Morgan fingerprint density at radius 3 is 2.37 bits per heavy atom. The maximum absolute atomic E-state index is 13.2. The van der Waals surface area contributed by atoms with Crippen molar-refractivity contribution in [3.8, 4) is 5.75 Å². The summed E-state index contributed by atoms with van der Waals surface area (Å²) in [6, 6.07) is 10.7. The smallest absolute Gasteiger partial charge is 0.238 e. The van der Waals surface area contributed by atoms with Gasteiger partial charge >= 0.3 is 0 Å². The molecule has 6 nitrogen and oxygen atoms in total. The molecule has 2 atom stereocenters. The Bertz CT molecular complexity index is 1220. The van der Waals surface area contributed by atoms with Crippen LogP contribution in [0.25, 0.3) is 0 Å². The second-order valence-electron chi connectivity index (χ2n) is 10.8. The fraction of sp³-hybridized carbons (Fsp3) is 0.519. The zero-order chi connectivity index (χ0) is 25.6. The summed E-state index contributed by atoms with van der Waals surface area (Å²) in [5.41, 5.74) is 2.38. The summed E-state index contributed by atoms with van der Waals surface area (Å²) in [6.07, 6.45) is 6.26. The van der Waals surface area contributed by atoms with Crippen LogP contribution in [0.1, 0.15) is 64.0 Å². The number of carbonyl (C=O) groups is 1. The van der Waals surface area contributed by atoms with Gasteiger partial charge in [0.25, 0.3) is 0 Å². The first-order valence-corrected chi connectivity index (χ1v) is 13.8. The minimum Gasteiger partial charge on any atom is -0.508 e. The number of phenols is 1. The Balaban J connectivity index is 0.000000221. The molecule has 1 amide bonds. The maximum Gasteiger partial charge on any atom is 0.238 e. The van der Waals surface area contributed by atoms with E-state index in [9.17, 15) is 22.7 Å². The number of fused-ring (bicyclic) bond motifs is 4. The zero-order valence-corrected chi connectivity index (χ0v) is 21.4. The average Bonchev–Trinajstić information content (AvgIpc) is 3.31. The van der Waals surface area contributed by atoms with E-state index in [1.165, 1.54) is 30.5 Å². The predicted molar refractivity (Wildman–Crippen MR) is 133 cm³/mol. The average molecular weight is 503 g/mol. The highest BCUT2D eigenvalue weighted by Crippen LogP contribution is 2.57. The molecule has 190 valence electrons. The number of hydrogen-bond donors (Lipinski definition) is 2. The molecule has 1 unspecified atom stereocenters. The van der Waals surface area contributed by atoms with Crippen LogP contribution in [0.2, 0.25) is 0 Å². The van der Waals surface area contributed by atoms with Crippen LogP contribution < -0.4 is 5.14 Å². The number of nitrogens with two attached hydrogens (primary N) is 1. The highest BCUT2D eigenvalue weighted by atomic mass is 32.2. The summed E-state index contributed by atoms with van der Waals surface area (Å²) >= 11 is 0. The largest absolute Gasteiger partial charge is 0.508 e. The number of primary sulfonamides is 1. The van der Waals surface area contributed by atoms with Gasteiger partial charge in [-0.3, -0.25) is 4.79 Å². The van der Waals surface area contributed by atoms with Crippen molar-refractivity contribution in [3.63, 3.8) is 0 Å². The van der Waals surface area contributed by atoms with Gasteiger partial charge in [-0.25, -0.2) is 17.9 Å². The Kier molecular flexibility index (Phi) is 6.74. The van der Waals surface area contributed by atoms with Gasteiger partial charge in [0.15, 0.2) is 0 Å². The van der Waals surface area contributed by atoms with Crippen molar-refractivity contribution in [2.75, 3.05) is 6.54 Å². The third-order valence-corrected chi connectivity index (χ3v) is 9.65. The number of amides is 1. The van der Waals surface area contributed by atoms with Crippen LogP contribution in [0.3, 0.4) is 0 Å². The summed E-state index contributed by atoms with van der Waals surface area (Å²) in [5, 5.41) is 15.2. The predicted octanol–water partition coefficient (Wildman–Crippen LogP) is 4.50. The van der Waals surface area contributed by atoms with E-state index in [-0.39, 0.29) is 27.7 Å². The quantitative estimate of drug-likeness (QED) is 0.632. The maximum atomic E-state index is 13.2. The molecule has 0 radical (unpaired) electrons. The van der Waals surface area contributed by atoms with E-state index in [2.05, 4.69) is 31.7 Å². The normalized spacial score (nSPS) is 25.4. The van der Waals surface area contributed by atoms with Crippen molar-refractivity contribution in [2.45, 2.75) is 75.6 Å². The molecule has 2 aliphatic carbocycles. The van der Waals surface area contributed by atoms with E-state index in [1.807, 2.05) is 6.07 Å². The molecule has 0 spiro atoms. The lowest BCUT2D eigenvalue weighted by molar-refractivity contribution is -0.148. The van der Waals surface area contributed by atoms with Gasteiger partial charge in [0, 0.05) is 23.9 Å². The van der Waals surface area contributed by atoms with Gasteiger partial charge in [-0.05, 0) is 66.5 Å². The van der Waals surface area contributed by atoms with Crippen LogP contribution >= 0.6 is 0 Å². The molecule has 2 aromatic rings. The zero-order valence-electron chi connectivity index (χ0n) is 20.6. The molecule has 2 fully saturated rings. The summed E-state index contributed by atoms with van der Waals surface area (Å²) in [4.78, 5) is 15.1. The first-order valence-electron chi connectivity index (χ1n) is 12.3. The third-order valence-electron chi connectivity index (χ3n) is 8.74. The molecule has 1 heterocycles. The van der Waals surface area contributed by atoms with Crippen molar-refractivity contribution in [1.29, 1.82) is 0 Å². The minimum atomic E-state index is -3.77. The number of nitrogens with zero attached hydrogens (tertiary/aromatic N) is 1. The molecule has 35 heavy (non-hydrogen) atoms. The minimum absolute atomic E-state index is 0.0104. The van der Waals surface area contributed by atoms with E-state index in [0.717, 1.165) is 49.9 Å². The first kappa shape index (κ1) is 25.6. The van der Waals surface area contributed by atoms with Crippen molar-refractivity contribution < 1.29 is 22.7 Å². The number of likely N-dealkylation sites (tertiary alicyclic amines) is 1. The lowest BCUT2D eigenvalue weighted by atomic mass is 9.51. The molecule has 8 heteroatoms. The SMILES string of the molecule is CC1(C)C2Cc3c(O)cccc3[C@]1(C)CCN2C(=O)C1CCCC1.NS(=O)(=O)c1cccc(F)c1. The van der Waals surface area contributed by atoms with Gasteiger partial charge in [-0.2, -0.15) is 0 Å². The summed E-state index contributed by atoms with van der Waals surface area (Å²) < 4.78 is 33.6. The lowest BCUT2D eigenvalue weighted by Crippen LogP contribution is -2.65. The van der Waals surface area contributed by atoms with E-state index in [0.29, 0.717) is 11.7 Å². The van der Waals surface area contributed by atoms with Crippen molar-refractivity contribution >= 4 is 15.9 Å². The van der Waals surface area contributed by atoms with Crippen LogP contribution in [-0.2, 0) is 26.7 Å². The Labute approximate surface area is 207 Å². The van der Waals surface area contributed by atoms with Crippen LogP contribution in [0.4, 0.5) is 4.39 Å². The van der Waals surface area contributed by atoms with Crippen molar-refractivity contribution in [2.24, 2.45) is 16.5 Å². The van der Waals surface area contributed by atoms with Gasteiger partial charge in [0.1, 0.15) is 11.6 Å². The number of phenolic OH excluding ortho intramolecular Hbond substituents is 1. The second-order valence-corrected chi connectivity index (χ2v) is 12.4. The molecule has 1 aliphatic heterocycles. The molecule has 5 rings (SSSR count). The highest BCUT2D eigenvalue weighted by Gasteiger charge is 2.57. The van der Waals surface area contributed by atoms with E-state index in [1.54, 1.807) is 6.07 Å². The lowest BCUT2D eigenvalue weighted by Gasteiger charge is -2.61. The third kappa shape index (κ3) is 4.58. The topological polar surface area (TPSA) is 101 Å². The van der Waals surface area contributed by atoms with Crippen LogP contribution in [-0.4, -0.2) is 36.9 Å². The van der Waals surface area contributed by atoms with Gasteiger partial charge < -0.3 is 10.0 Å². The molecule has 1 saturated heterocycles. The standard InChI is InChI=1S/C21H29NO2.C6H6FNO2S/c1-20(2)18-13-15-16(9-6-10-17(15)23)21(20,3)11-12-22(18)19(24)14-7-4-5-8-14;7-5-2-1-3-6(4-5)11(8,9)10/h6,9-10,14,18,23H,4-5,7-8,11-13H2,1-3H3;1-4H,(H2,8,9,10)/t18?,21-;/m0./s1. The number of hydrogen-bond acceptors (Lipinski definition) is 4. The molecule has 2 aromatic carbocycles. The molecular formula is C27H35FN2O4S. The molecule has 1 saturated carbocycles. The number of sulfonamides is 1. The van der Waals surface area contributed by atoms with Crippen LogP contribution in [0.5, 0.6) is 5.75 Å². The fourth-order valence-electron chi connectivity index (χ4n) is 6.24. The molecule has 0 aromatic heterocycles. The number of halogens is 1. The highest BCUT2D eigenvalue weighted by molar-refractivity contribution is 7.89. The van der Waals surface area contributed by atoms with Crippen LogP contribution in [0, 0.1) is 17.2 Å². The Morgan fingerprint density at radius 1 is 1.11 bits per heavy atom. The number of aromatic hydroxyl groups is 1. The molecule has 3 N–H and O–H groups in total. The van der Waals surface area contributed by atoms with E-state index < -0.39 is 15.8 Å². The first-order chi connectivity index (χ1) is 16.4. The van der Waals surface area contributed by atoms with Gasteiger partial charge in [0.05, 0.1) is 4.90 Å². The summed E-state index contributed by atoms with van der Waals surface area (Å²) in [7, 11) is -3.77. The number of benzene rings is 2. The van der Waals surface area contributed by atoms with Crippen LogP contribution in [0.15, 0.2) is 47.4 Å². The van der Waals surface area contributed by atoms with Gasteiger partial charge in [-0.1, -0.05) is 51.8 Å². The van der Waals surface area contributed by atoms with E-state index >= 15 is 0 Å². The van der Waals surface area contributed by atoms with Gasteiger partial charge in [-0.15, -0.1) is 0 Å². The second kappa shape index (κ2) is 9.21. The Hall–Kier alpha value is -2.45. The fourth-order valence-corrected chi connectivity index (χ4v) is 6.79. The molecule has 3 aliphatic rings.